The van der Waals surface area contributed by atoms with Gasteiger partial charge in [-0.25, -0.2) is 17.9 Å². The third-order valence-corrected chi connectivity index (χ3v) is 5.07. The molecule has 0 aliphatic carbocycles. The van der Waals surface area contributed by atoms with E-state index in [1.54, 1.807) is 6.07 Å². The molecule has 0 saturated carbocycles. The molecule has 0 fully saturated rings. The first kappa shape index (κ1) is 19.2. The van der Waals surface area contributed by atoms with Gasteiger partial charge in [0.1, 0.15) is 10.7 Å². The lowest BCUT2D eigenvalue weighted by atomic mass is 10.4. The average Bonchev–Trinajstić information content (AvgIpc) is 2.54. The minimum absolute atomic E-state index is 0.00307. The second-order valence-electron chi connectivity index (χ2n) is 4.49. The lowest BCUT2D eigenvalue weighted by Gasteiger charge is -2.10. The van der Waals surface area contributed by atoms with Crippen molar-refractivity contribution in [3.63, 3.8) is 0 Å². The molecule has 0 spiro atoms. The van der Waals surface area contributed by atoms with Crippen LogP contribution in [0.1, 0.15) is 5.82 Å². The van der Waals surface area contributed by atoms with E-state index in [1.807, 2.05) is 11.0 Å². The van der Waals surface area contributed by atoms with E-state index in [1.165, 1.54) is 37.1 Å². The van der Waals surface area contributed by atoms with E-state index in [0.717, 1.165) is 0 Å². The van der Waals surface area contributed by atoms with Gasteiger partial charge >= 0.3 is 12.0 Å². The molecular weight excluding hydrogens is 390 g/mol. The number of nitrogens with one attached hydrogen (secondary N) is 2. The van der Waals surface area contributed by atoms with E-state index in [4.69, 9.17) is 16.3 Å². The number of thioether (sulfide) groups is 1. The van der Waals surface area contributed by atoms with Crippen LogP contribution in [0.4, 0.5) is 10.7 Å². The molecule has 1 aromatic carbocycles. The number of rotatable bonds is 6. The van der Waals surface area contributed by atoms with Crippen LogP contribution in [0, 0.1) is 0 Å². The lowest BCUT2D eigenvalue weighted by Crippen LogP contribution is -2.35. The molecule has 0 atom stereocenters. The van der Waals surface area contributed by atoms with E-state index in [-0.39, 0.29) is 21.9 Å². The fourth-order valence-corrected chi connectivity index (χ4v) is 3.52. The Morgan fingerprint density at radius 1 is 1.28 bits per heavy atom. The number of sulfonamides is 1. The fraction of sp³-hybridized carbons (Fsp3) is 0.231. The Morgan fingerprint density at radius 2 is 2.00 bits per heavy atom. The minimum Gasteiger partial charge on any atom is -0.467 e. The van der Waals surface area contributed by atoms with Gasteiger partial charge in [-0.3, -0.25) is 5.32 Å². The first-order valence-corrected chi connectivity index (χ1v) is 9.97. The zero-order valence-corrected chi connectivity index (χ0v) is 15.6. The third-order valence-electron chi connectivity index (χ3n) is 2.70. The van der Waals surface area contributed by atoms with Crippen molar-refractivity contribution in [2.75, 3.05) is 18.7 Å². The number of aromatic nitrogens is 3. The summed E-state index contributed by atoms with van der Waals surface area (Å²) >= 11 is 7.31. The van der Waals surface area contributed by atoms with E-state index in [2.05, 4.69) is 20.3 Å². The van der Waals surface area contributed by atoms with Gasteiger partial charge in [0.25, 0.3) is 10.0 Å². The Balaban J connectivity index is 2.17. The first-order valence-electron chi connectivity index (χ1n) is 6.72. The van der Waals surface area contributed by atoms with Crippen molar-refractivity contribution in [2.45, 2.75) is 10.6 Å². The van der Waals surface area contributed by atoms with Gasteiger partial charge in [-0.1, -0.05) is 23.7 Å². The molecule has 1 aromatic heterocycles. The predicted octanol–water partition coefficient (Wildman–Crippen LogP) is 1.91. The highest BCUT2D eigenvalue weighted by Crippen LogP contribution is 2.20. The molecular formula is C13H14ClN5O4S2. The number of carbonyl (C=O) groups excluding carboxylic acids is 1. The molecule has 25 heavy (non-hydrogen) atoms. The van der Waals surface area contributed by atoms with Gasteiger partial charge in [0.2, 0.25) is 5.95 Å². The number of halogens is 1. The Hall–Kier alpha value is -2.11. The van der Waals surface area contributed by atoms with E-state index in [9.17, 15) is 13.2 Å². The molecule has 0 aliphatic rings. The number of methoxy groups -OCH3 is 1. The van der Waals surface area contributed by atoms with E-state index in [0.29, 0.717) is 11.6 Å². The Morgan fingerprint density at radius 3 is 2.64 bits per heavy atom. The number of carbonyl (C=O) groups is 1. The van der Waals surface area contributed by atoms with Crippen molar-refractivity contribution in [3.05, 3.63) is 35.1 Å². The molecule has 134 valence electrons. The summed E-state index contributed by atoms with van der Waals surface area (Å²) in [6.07, 6.45) is 1.85. The van der Waals surface area contributed by atoms with Crippen LogP contribution in [0.3, 0.4) is 0 Å². The van der Waals surface area contributed by atoms with E-state index < -0.39 is 16.1 Å². The van der Waals surface area contributed by atoms with Gasteiger partial charge in [0.15, 0.2) is 0 Å². The van der Waals surface area contributed by atoms with Gasteiger partial charge in [-0.15, -0.1) is 0 Å². The van der Waals surface area contributed by atoms with Crippen molar-refractivity contribution >= 4 is 45.4 Å². The number of nitrogens with zero attached hydrogens (tertiary/aromatic N) is 3. The smallest absolute Gasteiger partial charge is 0.335 e. The van der Waals surface area contributed by atoms with Crippen LogP contribution >= 0.6 is 23.4 Å². The van der Waals surface area contributed by atoms with Crippen molar-refractivity contribution in [2.24, 2.45) is 0 Å². The third kappa shape index (κ3) is 5.18. The number of urea groups is 1. The van der Waals surface area contributed by atoms with Crippen molar-refractivity contribution in [1.29, 1.82) is 0 Å². The van der Waals surface area contributed by atoms with Crippen LogP contribution in [0.25, 0.3) is 0 Å². The van der Waals surface area contributed by atoms with Gasteiger partial charge in [-0.2, -0.15) is 26.7 Å². The second kappa shape index (κ2) is 8.32. The maximum absolute atomic E-state index is 12.2. The number of benzene rings is 1. The predicted molar refractivity (Wildman–Crippen MR) is 94.4 cm³/mol. The summed E-state index contributed by atoms with van der Waals surface area (Å²) in [5.41, 5.74) is 0. The van der Waals surface area contributed by atoms with Crippen LogP contribution in [-0.4, -0.2) is 42.8 Å². The van der Waals surface area contributed by atoms with Crippen molar-refractivity contribution in [1.82, 2.24) is 19.7 Å². The molecule has 0 unspecified atom stereocenters. The molecule has 0 radical (unpaired) electrons. The van der Waals surface area contributed by atoms with Crippen LogP contribution in [-0.2, 0) is 15.8 Å². The van der Waals surface area contributed by atoms with Crippen molar-refractivity contribution in [3.8, 4) is 6.01 Å². The van der Waals surface area contributed by atoms with Gasteiger partial charge < -0.3 is 4.74 Å². The summed E-state index contributed by atoms with van der Waals surface area (Å²) in [6.45, 7) is 0. The molecule has 12 heteroatoms. The number of amides is 2. The number of hydrogen-bond donors (Lipinski definition) is 2. The largest absolute Gasteiger partial charge is 0.467 e. The summed E-state index contributed by atoms with van der Waals surface area (Å²) in [5, 5.41) is 2.23. The molecule has 0 bridgehead atoms. The molecule has 2 amide bonds. The Bertz CT molecular complexity index is 878. The molecule has 2 rings (SSSR count). The van der Waals surface area contributed by atoms with Crippen LogP contribution in [0.15, 0.2) is 29.2 Å². The Kier molecular flexibility index (Phi) is 6.39. The first-order chi connectivity index (χ1) is 11.9. The summed E-state index contributed by atoms with van der Waals surface area (Å²) in [4.78, 5) is 23.6. The van der Waals surface area contributed by atoms with Gasteiger partial charge in [0, 0.05) is 0 Å². The maximum Gasteiger partial charge on any atom is 0.335 e. The highest BCUT2D eigenvalue weighted by atomic mass is 35.5. The topological polar surface area (TPSA) is 123 Å². The number of ether oxygens (including phenoxy) is 1. The van der Waals surface area contributed by atoms with Crippen LogP contribution < -0.4 is 14.8 Å². The zero-order chi connectivity index (χ0) is 18.4. The molecule has 0 aliphatic heterocycles. The maximum atomic E-state index is 12.2. The summed E-state index contributed by atoms with van der Waals surface area (Å²) in [7, 11) is -2.78. The normalized spacial score (nSPS) is 11.0. The van der Waals surface area contributed by atoms with Crippen molar-refractivity contribution < 1.29 is 17.9 Å². The molecule has 9 nitrogen and oxygen atoms in total. The summed E-state index contributed by atoms with van der Waals surface area (Å²) in [5.74, 6) is 0.707. The number of hydrogen-bond acceptors (Lipinski definition) is 8. The van der Waals surface area contributed by atoms with Crippen LogP contribution in [0.5, 0.6) is 6.01 Å². The van der Waals surface area contributed by atoms with Gasteiger partial charge in [0.05, 0.1) is 17.9 Å². The second-order valence-corrected chi connectivity index (χ2v) is 7.41. The summed E-state index contributed by atoms with van der Waals surface area (Å²) < 4.78 is 31.2. The highest BCUT2D eigenvalue weighted by Gasteiger charge is 2.21. The molecule has 1 heterocycles. The number of anilines is 1. The lowest BCUT2D eigenvalue weighted by molar-refractivity contribution is 0.256. The standard InChI is InChI=1S/C13H14ClN5O4S2/c1-23-13-16-10(7-24-2)15-11(18-13)17-12(20)19-25(21,22)9-6-4-3-5-8(9)14/h3-6H,7H2,1-2H3,(H2,15,16,17,18,19,20). The SMILES string of the molecule is COc1nc(CSC)nc(NC(=O)NS(=O)(=O)c2ccccc2Cl)n1. The van der Waals surface area contributed by atoms with Crippen LogP contribution in [0.2, 0.25) is 5.02 Å². The fourth-order valence-electron chi connectivity index (χ4n) is 1.71. The zero-order valence-electron chi connectivity index (χ0n) is 13.2. The molecule has 2 N–H and O–H groups in total. The molecule has 2 aromatic rings. The Labute approximate surface area is 153 Å². The highest BCUT2D eigenvalue weighted by molar-refractivity contribution is 7.97. The molecule has 0 saturated heterocycles. The quantitative estimate of drug-likeness (QED) is 0.749. The summed E-state index contributed by atoms with van der Waals surface area (Å²) in [6, 6.07) is 4.71. The van der Waals surface area contributed by atoms with E-state index >= 15 is 0 Å². The van der Waals surface area contributed by atoms with Gasteiger partial charge in [-0.05, 0) is 18.4 Å². The monoisotopic (exact) mass is 403 g/mol. The minimum atomic E-state index is -4.15. The average molecular weight is 404 g/mol.